The van der Waals surface area contributed by atoms with Crippen molar-refractivity contribution in [1.29, 1.82) is 0 Å². The quantitative estimate of drug-likeness (QED) is 0.748. The molecular weight excluding hydrogens is 332 g/mol. The average Bonchev–Trinajstić information content (AvgIpc) is 2.82. The van der Waals surface area contributed by atoms with Gasteiger partial charge in [0, 0.05) is 0 Å². The van der Waals surface area contributed by atoms with Crippen LogP contribution in [0.15, 0.2) is 42.5 Å². The van der Waals surface area contributed by atoms with Gasteiger partial charge in [-0.1, -0.05) is 51.1 Å². The molecule has 4 atom stereocenters. The van der Waals surface area contributed by atoms with Crippen molar-refractivity contribution in [3.63, 3.8) is 0 Å². The van der Waals surface area contributed by atoms with E-state index in [0.717, 1.165) is 5.56 Å². The van der Waals surface area contributed by atoms with Gasteiger partial charge in [-0.2, -0.15) is 0 Å². The van der Waals surface area contributed by atoms with E-state index in [0.29, 0.717) is 6.61 Å². The molecule has 2 heterocycles. The first-order valence-electron chi connectivity index (χ1n) is 8.90. The van der Waals surface area contributed by atoms with Crippen LogP contribution in [0.5, 0.6) is 0 Å². The van der Waals surface area contributed by atoms with Crippen molar-refractivity contribution in [3.05, 3.63) is 48.0 Å². The topological polar surface area (TPSA) is 44.8 Å². The Balaban J connectivity index is 1.79. The molecule has 2 aliphatic rings. The summed E-state index contributed by atoms with van der Waals surface area (Å²) in [4.78, 5) is 12.2. The lowest BCUT2D eigenvalue weighted by Gasteiger charge is -2.40. The van der Waals surface area contributed by atoms with Crippen molar-refractivity contribution < 1.29 is 18.7 Å². The molecule has 4 nitrogen and oxygen atoms in total. The van der Waals surface area contributed by atoms with Crippen LogP contribution in [0.3, 0.4) is 0 Å². The second-order valence-electron chi connectivity index (χ2n) is 8.39. The summed E-state index contributed by atoms with van der Waals surface area (Å²) in [7, 11) is -2.01. The Morgan fingerprint density at radius 2 is 1.80 bits per heavy atom. The van der Waals surface area contributed by atoms with Crippen LogP contribution in [0.1, 0.15) is 26.3 Å². The van der Waals surface area contributed by atoms with Gasteiger partial charge < -0.3 is 13.9 Å². The number of carbonyl (C=O) groups excluding carboxylic acids is 1. The highest BCUT2D eigenvalue weighted by Gasteiger charge is 2.53. The molecule has 3 rings (SSSR count). The molecule has 0 radical (unpaired) electrons. The monoisotopic (exact) mass is 360 g/mol. The molecule has 2 aliphatic heterocycles. The van der Waals surface area contributed by atoms with Gasteiger partial charge in [-0.15, -0.1) is 0 Å². The molecular formula is C20H28O4Si. The van der Waals surface area contributed by atoms with Gasteiger partial charge in [0.1, 0.15) is 24.4 Å². The highest BCUT2D eigenvalue weighted by atomic mass is 28.4. The zero-order valence-corrected chi connectivity index (χ0v) is 16.7. The van der Waals surface area contributed by atoms with Crippen LogP contribution in [0, 0.1) is 0 Å². The van der Waals surface area contributed by atoms with Crippen LogP contribution in [0.2, 0.25) is 18.1 Å². The predicted octanol–water partition coefficient (Wildman–Crippen LogP) is 3.87. The van der Waals surface area contributed by atoms with Crippen LogP contribution in [-0.4, -0.2) is 38.5 Å². The van der Waals surface area contributed by atoms with E-state index in [1.54, 1.807) is 6.08 Å². The molecule has 2 bridgehead atoms. The van der Waals surface area contributed by atoms with Gasteiger partial charge in [0.2, 0.25) is 0 Å². The largest absolute Gasteiger partial charge is 0.408 e. The van der Waals surface area contributed by atoms with Crippen LogP contribution in [-0.2, 0) is 25.3 Å². The fourth-order valence-corrected chi connectivity index (χ4v) is 4.25. The van der Waals surface area contributed by atoms with Crippen molar-refractivity contribution in [3.8, 4) is 0 Å². The molecule has 136 valence electrons. The maximum atomic E-state index is 12.2. The van der Waals surface area contributed by atoms with E-state index in [-0.39, 0.29) is 29.1 Å². The summed E-state index contributed by atoms with van der Waals surface area (Å²) in [5.74, 6) is -0.0318. The first-order chi connectivity index (χ1) is 11.7. The third-order valence-electron chi connectivity index (χ3n) is 5.50. The summed E-state index contributed by atoms with van der Waals surface area (Å²) < 4.78 is 18.7. The smallest absolute Gasteiger partial charge is 0.192 e. The molecule has 0 spiro atoms. The van der Waals surface area contributed by atoms with Crippen LogP contribution in [0.4, 0.5) is 0 Å². The second kappa shape index (κ2) is 6.80. The maximum Gasteiger partial charge on any atom is 0.192 e. The number of carbonyl (C=O) groups is 1. The lowest BCUT2D eigenvalue weighted by atomic mass is 10.1. The van der Waals surface area contributed by atoms with Crippen molar-refractivity contribution in [2.24, 2.45) is 0 Å². The summed E-state index contributed by atoms with van der Waals surface area (Å²) in [6, 6.07) is 9.99. The van der Waals surface area contributed by atoms with Crippen LogP contribution in [0.25, 0.3) is 0 Å². The fraction of sp³-hybridized carbons (Fsp3) is 0.550. The number of benzene rings is 1. The van der Waals surface area contributed by atoms with Gasteiger partial charge >= 0.3 is 0 Å². The highest BCUT2D eigenvalue weighted by Crippen LogP contribution is 2.41. The Kier molecular flexibility index (Phi) is 5.03. The summed E-state index contributed by atoms with van der Waals surface area (Å²) >= 11 is 0. The number of rotatable bonds is 5. The SMILES string of the molecule is CC(C)(C)[Si](C)(C)O[C@@H]1[C@@H](OCc2ccccc2)[C@@H]2O[C@H]1C=CC2=O. The molecule has 0 N–H and O–H groups in total. The van der Waals surface area contributed by atoms with E-state index in [4.69, 9.17) is 13.9 Å². The summed E-state index contributed by atoms with van der Waals surface area (Å²) in [6.45, 7) is 11.5. The van der Waals surface area contributed by atoms with Gasteiger partial charge in [-0.3, -0.25) is 4.79 Å². The molecule has 5 heteroatoms. The predicted molar refractivity (Wildman–Crippen MR) is 99.9 cm³/mol. The number of ether oxygens (including phenoxy) is 2. The fourth-order valence-electron chi connectivity index (χ4n) is 2.95. The van der Waals surface area contributed by atoms with E-state index < -0.39 is 14.4 Å². The maximum absolute atomic E-state index is 12.2. The molecule has 1 fully saturated rings. The lowest BCUT2D eigenvalue weighted by Crippen LogP contribution is -2.49. The van der Waals surface area contributed by atoms with E-state index >= 15 is 0 Å². The molecule has 0 unspecified atom stereocenters. The highest BCUT2D eigenvalue weighted by molar-refractivity contribution is 6.74. The van der Waals surface area contributed by atoms with Gasteiger partial charge in [0.25, 0.3) is 0 Å². The number of hydrogen-bond donors (Lipinski definition) is 0. The minimum absolute atomic E-state index is 0.0318. The summed E-state index contributed by atoms with van der Waals surface area (Å²) in [5, 5.41) is 0.0847. The van der Waals surface area contributed by atoms with Gasteiger partial charge in [0.15, 0.2) is 14.1 Å². The first kappa shape index (κ1) is 18.5. The van der Waals surface area contributed by atoms with Gasteiger partial charge in [-0.05, 0) is 35.8 Å². The number of ketones is 1. The van der Waals surface area contributed by atoms with E-state index in [2.05, 4.69) is 33.9 Å². The molecule has 0 aliphatic carbocycles. The number of fused-ring (bicyclic) bond motifs is 2. The molecule has 1 saturated heterocycles. The minimum atomic E-state index is -2.01. The standard InChI is InChI=1S/C20H28O4Si/c1-20(2,3)25(4,5)24-18-16-12-11-15(21)17(23-16)19(18)22-13-14-9-7-6-8-10-14/h6-12,16-19H,13H2,1-5H3/t16-,17+,18-,19-/m0/s1. The Morgan fingerprint density at radius 3 is 2.44 bits per heavy atom. The Bertz CT molecular complexity index is 647. The van der Waals surface area contributed by atoms with Gasteiger partial charge in [0.05, 0.1) is 6.61 Å². The second-order valence-corrected chi connectivity index (χ2v) is 13.1. The van der Waals surface area contributed by atoms with Crippen molar-refractivity contribution in [1.82, 2.24) is 0 Å². The van der Waals surface area contributed by atoms with E-state index in [9.17, 15) is 4.79 Å². The van der Waals surface area contributed by atoms with Crippen molar-refractivity contribution >= 4 is 14.1 Å². The molecule has 1 aromatic carbocycles. The summed E-state index contributed by atoms with van der Waals surface area (Å²) in [5.41, 5.74) is 1.08. The van der Waals surface area contributed by atoms with E-state index in [1.165, 1.54) is 0 Å². The Labute approximate surface area is 151 Å². The zero-order chi connectivity index (χ0) is 18.2. The Morgan fingerprint density at radius 1 is 1.12 bits per heavy atom. The third-order valence-corrected chi connectivity index (χ3v) is 9.98. The molecule has 1 aromatic rings. The normalized spacial score (nSPS) is 29.2. The van der Waals surface area contributed by atoms with Crippen LogP contribution < -0.4 is 0 Å². The molecule has 25 heavy (non-hydrogen) atoms. The average molecular weight is 361 g/mol. The Hall–Kier alpha value is -1.27. The molecule has 0 amide bonds. The van der Waals surface area contributed by atoms with Crippen LogP contribution >= 0.6 is 0 Å². The molecule has 0 aromatic heterocycles. The lowest BCUT2D eigenvalue weighted by molar-refractivity contribution is -0.131. The third kappa shape index (κ3) is 3.79. The first-order valence-corrected chi connectivity index (χ1v) is 11.8. The van der Waals surface area contributed by atoms with Gasteiger partial charge in [-0.25, -0.2) is 0 Å². The van der Waals surface area contributed by atoms with E-state index in [1.807, 2.05) is 36.4 Å². The number of hydrogen-bond acceptors (Lipinski definition) is 4. The van der Waals surface area contributed by atoms with Crippen molar-refractivity contribution in [2.75, 3.05) is 0 Å². The minimum Gasteiger partial charge on any atom is -0.408 e. The zero-order valence-electron chi connectivity index (χ0n) is 15.7. The summed E-state index contributed by atoms with van der Waals surface area (Å²) in [6.07, 6.45) is 2.06. The van der Waals surface area contributed by atoms with Crippen molar-refractivity contribution in [2.45, 2.75) is 69.9 Å². The molecule has 0 saturated carbocycles.